The van der Waals surface area contributed by atoms with Crippen molar-refractivity contribution in [3.05, 3.63) is 78.9 Å². The smallest absolute Gasteiger partial charge is 1.00 e. The zero-order valence-corrected chi connectivity index (χ0v) is 22.0. The second-order valence-electron chi connectivity index (χ2n) is 7.16. The van der Waals surface area contributed by atoms with Crippen LogP contribution >= 0.6 is 0 Å². The number of aromatic hydroxyl groups is 1. The summed E-state index contributed by atoms with van der Waals surface area (Å²) in [4.78, 5) is -0.645. The number of sulfonamides is 1. The molecule has 0 heterocycles. The summed E-state index contributed by atoms with van der Waals surface area (Å²) in [5.74, 6) is -0.502. The molecule has 4 aromatic rings. The van der Waals surface area contributed by atoms with Crippen LogP contribution in [0.25, 0.3) is 10.8 Å². The van der Waals surface area contributed by atoms with Gasteiger partial charge in [0.05, 0.1) is 16.0 Å². The number of nitrogens with zero attached hydrogens (tertiary/aromatic N) is 2. The molecule has 35 heavy (non-hydrogen) atoms. The molecule has 0 unspecified atom stereocenters. The summed E-state index contributed by atoms with van der Waals surface area (Å²) in [5.41, 5.74) is 6.49. The summed E-state index contributed by atoms with van der Waals surface area (Å²) in [7, 11) is -8.57. The number of para-hydroxylation sites is 1. The Bertz CT molecular complexity index is 1650. The fraction of sp³-hybridized carbons (Fsp3) is 0. The number of nitrogen functional groups attached to an aromatic ring is 1. The van der Waals surface area contributed by atoms with Crippen molar-refractivity contribution < 1.29 is 57.5 Å². The Morgan fingerprint density at radius 3 is 2.20 bits per heavy atom. The van der Waals surface area contributed by atoms with Crippen molar-refractivity contribution in [1.82, 2.24) is 0 Å². The molecule has 5 N–H and O–H groups in total. The Morgan fingerprint density at radius 1 is 0.857 bits per heavy atom. The number of nitrogens with one attached hydrogen (secondary N) is 1. The van der Waals surface area contributed by atoms with E-state index in [1.54, 1.807) is 36.4 Å². The molecule has 0 saturated heterocycles. The van der Waals surface area contributed by atoms with E-state index in [0.717, 1.165) is 12.1 Å². The average Bonchev–Trinajstić information content (AvgIpc) is 2.78. The molecule has 0 aromatic heterocycles. The summed E-state index contributed by atoms with van der Waals surface area (Å²) in [6.07, 6.45) is 0. The first-order valence-electron chi connectivity index (χ1n) is 9.67. The third-order valence-electron chi connectivity index (χ3n) is 4.81. The summed E-state index contributed by atoms with van der Waals surface area (Å²) < 4.78 is 60.6. The minimum atomic E-state index is -4.56. The van der Waals surface area contributed by atoms with Crippen molar-refractivity contribution in [2.45, 2.75) is 9.79 Å². The number of phenolic OH excluding ortho intramolecular Hbond substituents is 1. The van der Waals surface area contributed by atoms with Crippen LogP contribution in [0.1, 0.15) is 1.43 Å². The molecule has 0 atom stereocenters. The van der Waals surface area contributed by atoms with Gasteiger partial charge >= 0.3 is 29.6 Å². The van der Waals surface area contributed by atoms with Gasteiger partial charge in [-0.25, -0.2) is 8.42 Å². The van der Waals surface area contributed by atoms with E-state index < -0.39 is 30.8 Å². The van der Waals surface area contributed by atoms with Crippen molar-refractivity contribution in [3.63, 3.8) is 0 Å². The van der Waals surface area contributed by atoms with Crippen LogP contribution in [0.5, 0.6) is 5.75 Å². The minimum Gasteiger partial charge on any atom is -1.00 e. The van der Waals surface area contributed by atoms with Gasteiger partial charge in [-0.15, -0.1) is 10.2 Å². The van der Waals surface area contributed by atoms with Gasteiger partial charge in [-0.05, 0) is 41.8 Å². The topological polar surface area (TPSA) is 172 Å². The van der Waals surface area contributed by atoms with Gasteiger partial charge in [0, 0.05) is 11.8 Å². The third-order valence-corrected chi connectivity index (χ3v) is 7.07. The van der Waals surface area contributed by atoms with Gasteiger partial charge in [0.2, 0.25) is 0 Å². The van der Waals surface area contributed by atoms with Crippen LogP contribution in [-0.2, 0) is 20.1 Å². The molecular weight excluding hydrogens is 503 g/mol. The van der Waals surface area contributed by atoms with Gasteiger partial charge in [-0.2, -0.15) is 8.42 Å². The first-order valence-corrected chi connectivity index (χ1v) is 12.6. The molecule has 10 nitrogen and oxygen atoms in total. The molecule has 0 amide bonds. The SMILES string of the molecule is Nc1ccc2cc(S(=O)(=O)O)cc(O)c2c1N=Nc1ccccc1S(=O)(=O)Nc1ccccc1.[H-].[Na+]. The zero-order chi connectivity index (χ0) is 24.5. The molecule has 0 aliphatic rings. The van der Waals surface area contributed by atoms with Gasteiger partial charge in [-0.3, -0.25) is 9.27 Å². The van der Waals surface area contributed by atoms with Crippen molar-refractivity contribution in [1.29, 1.82) is 0 Å². The Kier molecular flexibility index (Phi) is 7.84. The van der Waals surface area contributed by atoms with Crippen LogP contribution in [0.15, 0.2) is 98.9 Å². The van der Waals surface area contributed by atoms with Gasteiger partial charge < -0.3 is 12.3 Å². The van der Waals surface area contributed by atoms with E-state index in [1.165, 1.54) is 30.3 Å². The maximum absolute atomic E-state index is 12.9. The van der Waals surface area contributed by atoms with Crippen LogP contribution in [0.3, 0.4) is 0 Å². The van der Waals surface area contributed by atoms with Crippen molar-refractivity contribution >= 4 is 53.7 Å². The monoisotopic (exact) mass is 522 g/mol. The van der Waals surface area contributed by atoms with E-state index in [9.17, 15) is 26.5 Å². The molecule has 0 saturated carbocycles. The van der Waals surface area contributed by atoms with Crippen LogP contribution in [0.2, 0.25) is 0 Å². The number of anilines is 2. The molecule has 0 aliphatic carbocycles. The normalized spacial score (nSPS) is 11.9. The van der Waals surface area contributed by atoms with Gasteiger partial charge in [0.15, 0.2) is 0 Å². The number of benzene rings is 4. The summed E-state index contributed by atoms with van der Waals surface area (Å²) in [6.45, 7) is 0. The molecular formula is C22H19N4NaO6S2. The molecule has 4 rings (SSSR count). The minimum absolute atomic E-state index is 0. The molecule has 0 spiro atoms. The summed E-state index contributed by atoms with van der Waals surface area (Å²) in [6, 6.07) is 19.1. The van der Waals surface area contributed by atoms with Gasteiger partial charge in [0.1, 0.15) is 22.0 Å². The van der Waals surface area contributed by atoms with E-state index in [0.29, 0.717) is 5.69 Å². The molecule has 4 aromatic carbocycles. The fourth-order valence-corrected chi connectivity index (χ4v) is 4.99. The van der Waals surface area contributed by atoms with E-state index in [-0.39, 0.29) is 63.7 Å². The van der Waals surface area contributed by atoms with E-state index in [1.807, 2.05) is 0 Å². The Labute approximate surface area is 225 Å². The predicted octanol–water partition coefficient (Wildman–Crippen LogP) is 1.71. The Morgan fingerprint density at radius 2 is 1.51 bits per heavy atom. The molecule has 176 valence electrons. The van der Waals surface area contributed by atoms with E-state index >= 15 is 0 Å². The Hall–Kier alpha value is -3.00. The number of nitrogens with two attached hydrogens (primary N) is 1. The van der Waals surface area contributed by atoms with Crippen LogP contribution in [-0.4, -0.2) is 26.5 Å². The zero-order valence-electron chi connectivity index (χ0n) is 19.3. The first kappa shape index (κ1) is 26.6. The molecule has 0 bridgehead atoms. The number of hydrogen-bond donors (Lipinski definition) is 4. The third kappa shape index (κ3) is 5.81. The fourth-order valence-electron chi connectivity index (χ4n) is 3.26. The summed E-state index contributed by atoms with van der Waals surface area (Å²) in [5, 5.41) is 18.9. The van der Waals surface area contributed by atoms with Gasteiger partial charge in [0.25, 0.3) is 20.1 Å². The molecule has 0 fully saturated rings. The van der Waals surface area contributed by atoms with Crippen LogP contribution in [0.4, 0.5) is 22.7 Å². The van der Waals surface area contributed by atoms with Gasteiger partial charge in [-0.1, -0.05) is 36.4 Å². The second kappa shape index (κ2) is 10.3. The maximum Gasteiger partial charge on any atom is 1.00 e. The van der Waals surface area contributed by atoms with Crippen molar-refractivity contribution in [2.75, 3.05) is 10.5 Å². The quantitative estimate of drug-likeness (QED) is 0.129. The number of rotatable bonds is 6. The number of hydrogen-bond acceptors (Lipinski definition) is 8. The maximum atomic E-state index is 12.9. The molecule has 0 radical (unpaired) electrons. The molecule has 0 aliphatic heterocycles. The first-order chi connectivity index (χ1) is 16.1. The summed E-state index contributed by atoms with van der Waals surface area (Å²) >= 11 is 0. The number of fused-ring (bicyclic) bond motifs is 1. The van der Waals surface area contributed by atoms with Crippen LogP contribution in [0, 0.1) is 0 Å². The predicted molar refractivity (Wildman–Crippen MR) is 129 cm³/mol. The second-order valence-corrected chi connectivity index (χ2v) is 10.2. The average molecular weight is 523 g/mol. The van der Waals surface area contributed by atoms with E-state index in [4.69, 9.17) is 5.73 Å². The number of phenols is 1. The number of azo groups is 1. The Balaban J connectivity index is 0.00000228. The van der Waals surface area contributed by atoms with Crippen LogP contribution < -0.4 is 40.0 Å². The van der Waals surface area contributed by atoms with Crippen molar-refractivity contribution in [3.8, 4) is 5.75 Å². The van der Waals surface area contributed by atoms with E-state index in [2.05, 4.69) is 15.0 Å². The molecule has 13 heteroatoms. The van der Waals surface area contributed by atoms with Crippen molar-refractivity contribution in [2.24, 2.45) is 10.2 Å². The largest absolute Gasteiger partial charge is 1.00 e. The standard InChI is InChI=1S/C22H18N4O6S2.Na.H/c23-17-11-10-14-12-16(34(30,31)32)13-19(27)21(14)22(17)25-24-18-8-4-5-9-20(18)33(28,29)26-15-6-2-1-3-7-15;;/h1-13,26-27H,23H2,(H,30,31,32);;/q;+1;-1.